The number of rotatable bonds is 1. The number of amides is 1. The molecule has 2 heterocycles. The molecule has 0 unspecified atom stereocenters. The van der Waals surface area contributed by atoms with Crippen LogP contribution in [0, 0.1) is 0 Å². The van der Waals surface area contributed by atoms with Crippen LogP contribution in [0.1, 0.15) is 12.8 Å². The zero-order chi connectivity index (χ0) is 9.10. The fraction of sp³-hybridized carbons (Fsp3) is 0.889. The minimum absolute atomic E-state index is 0. The Balaban J connectivity index is 0.000000980. The van der Waals surface area contributed by atoms with Crippen LogP contribution >= 0.6 is 24.2 Å². The Morgan fingerprint density at radius 1 is 1.36 bits per heavy atom. The molecule has 2 fully saturated rings. The SMILES string of the molecule is Cl.O=C([C@H]1CCN1)N1CCCSCC1. The average Bonchev–Trinajstić information content (AvgIpc) is 2.27. The van der Waals surface area contributed by atoms with E-state index >= 15 is 0 Å². The lowest BCUT2D eigenvalue weighted by Gasteiger charge is -2.31. The lowest BCUT2D eigenvalue weighted by Crippen LogP contribution is -2.54. The van der Waals surface area contributed by atoms with Gasteiger partial charge in [0.25, 0.3) is 0 Å². The molecule has 14 heavy (non-hydrogen) atoms. The summed E-state index contributed by atoms with van der Waals surface area (Å²) in [7, 11) is 0. The number of nitrogens with one attached hydrogen (secondary N) is 1. The van der Waals surface area contributed by atoms with E-state index in [1.165, 1.54) is 5.75 Å². The van der Waals surface area contributed by atoms with Crippen molar-refractivity contribution in [2.24, 2.45) is 0 Å². The van der Waals surface area contributed by atoms with E-state index in [0.717, 1.165) is 38.2 Å². The van der Waals surface area contributed by atoms with Crippen molar-refractivity contribution in [2.75, 3.05) is 31.1 Å². The third kappa shape index (κ3) is 2.78. The molecule has 0 aromatic rings. The molecule has 0 aromatic heterocycles. The second-order valence-corrected chi connectivity index (χ2v) is 4.81. The van der Waals surface area contributed by atoms with Crippen molar-refractivity contribution >= 4 is 30.1 Å². The molecule has 2 aliphatic heterocycles. The molecule has 82 valence electrons. The molecule has 2 saturated heterocycles. The van der Waals surface area contributed by atoms with Gasteiger partial charge in [-0.2, -0.15) is 11.8 Å². The normalized spacial score (nSPS) is 27.1. The summed E-state index contributed by atoms with van der Waals surface area (Å²) < 4.78 is 0. The number of thioether (sulfide) groups is 1. The zero-order valence-corrected chi connectivity index (χ0v) is 9.83. The van der Waals surface area contributed by atoms with E-state index in [2.05, 4.69) is 5.32 Å². The van der Waals surface area contributed by atoms with Gasteiger partial charge in [0.05, 0.1) is 6.04 Å². The van der Waals surface area contributed by atoms with Gasteiger partial charge in [0.1, 0.15) is 0 Å². The van der Waals surface area contributed by atoms with Gasteiger partial charge in [-0.25, -0.2) is 0 Å². The van der Waals surface area contributed by atoms with E-state index in [4.69, 9.17) is 0 Å². The van der Waals surface area contributed by atoms with Gasteiger partial charge >= 0.3 is 0 Å². The molecule has 0 aromatic carbocycles. The number of halogens is 1. The van der Waals surface area contributed by atoms with Crippen LogP contribution in [-0.2, 0) is 4.79 Å². The van der Waals surface area contributed by atoms with E-state index in [1.807, 2.05) is 16.7 Å². The maximum atomic E-state index is 11.8. The van der Waals surface area contributed by atoms with E-state index < -0.39 is 0 Å². The van der Waals surface area contributed by atoms with Crippen LogP contribution in [0.25, 0.3) is 0 Å². The monoisotopic (exact) mass is 236 g/mol. The second-order valence-electron chi connectivity index (χ2n) is 3.59. The Hall–Kier alpha value is 0.0700. The van der Waals surface area contributed by atoms with E-state index in [-0.39, 0.29) is 18.4 Å². The molecular weight excluding hydrogens is 220 g/mol. The molecule has 0 saturated carbocycles. The zero-order valence-electron chi connectivity index (χ0n) is 8.20. The highest BCUT2D eigenvalue weighted by Crippen LogP contribution is 2.13. The Morgan fingerprint density at radius 3 is 2.79 bits per heavy atom. The lowest BCUT2D eigenvalue weighted by atomic mass is 10.1. The number of hydrogen-bond acceptors (Lipinski definition) is 3. The first-order valence-electron chi connectivity index (χ1n) is 4.98. The molecule has 0 aliphatic carbocycles. The number of hydrogen-bond donors (Lipinski definition) is 1. The summed E-state index contributed by atoms with van der Waals surface area (Å²) in [6.45, 7) is 2.92. The lowest BCUT2D eigenvalue weighted by molar-refractivity contribution is -0.134. The minimum Gasteiger partial charge on any atom is -0.340 e. The van der Waals surface area contributed by atoms with Gasteiger partial charge in [-0.3, -0.25) is 4.79 Å². The molecule has 1 N–H and O–H groups in total. The van der Waals surface area contributed by atoms with Gasteiger partial charge in [-0.15, -0.1) is 12.4 Å². The van der Waals surface area contributed by atoms with Crippen LogP contribution < -0.4 is 5.32 Å². The number of carbonyl (C=O) groups excluding carboxylic acids is 1. The fourth-order valence-electron chi connectivity index (χ4n) is 1.69. The van der Waals surface area contributed by atoms with E-state index in [9.17, 15) is 4.79 Å². The quantitative estimate of drug-likeness (QED) is 0.729. The van der Waals surface area contributed by atoms with Gasteiger partial charge in [-0.05, 0) is 25.1 Å². The molecule has 2 rings (SSSR count). The summed E-state index contributed by atoms with van der Waals surface area (Å²) in [5.41, 5.74) is 0. The molecule has 0 bridgehead atoms. The summed E-state index contributed by atoms with van der Waals surface area (Å²) in [5, 5.41) is 3.16. The highest BCUT2D eigenvalue weighted by molar-refractivity contribution is 7.99. The average molecular weight is 237 g/mol. The summed E-state index contributed by atoms with van der Waals surface area (Å²) >= 11 is 1.96. The van der Waals surface area contributed by atoms with E-state index in [1.54, 1.807) is 0 Å². The van der Waals surface area contributed by atoms with Crippen LogP contribution in [-0.4, -0.2) is 48.0 Å². The van der Waals surface area contributed by atoms with Crippen LogP contribution in [0.4, 0.5) is 0 Å². The standard InChI is InChI=1S/C9H16N2OS.ClH/c12-9(8-2-3-10-8)11-4-1-6-13-7-5-11;/h8,10H,1-7H2;1H/t8-;/m1./s1. The van der Waals surface area contributed by atoms with Gasteiger partial charge in [0.15, 0.2) is 0 Å². The summed E-state index contributed by atoms with van der Waals surface area (Å²) in [6.07, 6.45) is 2.19. The highest BCUT2D eigenvalue weighted by Gasteiger charge is 2.28. The second kappa shape index (κ2) is 5.83. The molecule has 3 nitrogen and oxygen atoms in total. The van der Waals surface area contributed by atoms with Crippen molar-refractivity contribution in [3.63, 3.8) is 0 Å². The maximum absolute atomic E-state index is 11.8. The van der Waals surface area contributed by atoms with Crippen molar-refractivity contribution in [1.29, 1.82) is 0 Å². The first-order chi connectivity index (χ1) is 6.38. The Morgan fingerprint density at radius 2 is 2.14 bits per heavy atom. The first kappa shape index (κ1) is 12.1. The topological polar surface area (TPSA) is 32.3 Å². The number of nitrogens with zero attached hydrogens (tertiary/aromatic N) is 1. The van der Waals surface area contributed by atoms with Crippen LogP contribution in [0.3, 0.4) is 0 Å². The Bertz CT molecular complexity index is 191. The van der Waals surface area contributed by atoms with Gasteiger partial charge in [-0.1, -0.05) is 0 Å². The first-order valence-corrected chi connectivity index (χ1v) is 6.13. The van der Waals surface area contributed by atoms with Crippen LogP contribution in [0.2, 0.25) is 0 Å². The third-order valence-electron chi connectivity index (χ3n) is 2.66. The van der Waals surface area contributed by atoms with Crippen LogP contribution in [0.5, 0.6) is 0 Å². The molecule has 0 spiro atoms. The molecule has 1 atom stereocenters. The Kier molecular flexibility index (Phi) is 5.06. The predicted octanol–water partition coefficient (Wildman–Crippen LogP) is 0.736. The Labute approximate surface area is 95.4 Å². The smallest absolute Gasteiger partial charge is 0.239 e. The number of carbonyl (C=O) groups is 1. The highest BCUT2D eigenvalue weighted by atomic mass is 35.5. The van der Waals surface area contributed by atoms with Crippen molar-refractivity contribution in [3.05, 3.63) is 0 Å². The largest absolute Gasteiger partial charge is 0.340 e. The van der Waals surface area contributed by atoms with Gasteiger partial charge in [0.2, 0.25) is 5.91 Å². The minimum atomic E-state index is 0. The molecule has 0 radical (unpaired) electrons. The van der Waals surface area contributed by atoms with E-state index in [0.29, 0.717) is 5.91 Å². The summed E-state index contributed by atoms with van der Waals surface area (Å²) in [5.74, 6) is 2.65. The third-order valence-corrected chi connectivity index (χ3v) is 3.70. The van der Waals surface area contributed by atoms with Crippen molar-refractivity contribution in [3.8, 4) is 0 Å². The summed E-state index contributed by atoms with van der Waals surface area (Å²) in [6, 6.07) is 0.142. The van der Waals surface area contributed by atoms with Gasteiger partial charge in [0, 0.05) is 18.8 Å². The van der Waals surface area contributed by atoms with Crippen molar-refractivity contribution in [2.45, 2.75) is 18.9 Å². The molecule has 1 amide bonds. The van der Waals surface area contributed by atoms with Crippen molar-refractivity contribution in [1.82, 2.24) is 10.2 Å². The molecule has 5 heteroatoms. The molecule has 2 aliphatic rings. The van der Waals surface area contributed by atoms with Crippen LogP contribution in [0.15, 0.2) is 0 Å². The maximum Gasteiger partial charge on any atom is 0.239 e. The van der Waals surface area contributed by atoms with Gasteiger partial charge < -0.3 is 10.2 Å². The van der Waals surface area contributed by atoms with Crippen molar-refractivity contribution < 1.29 is 4.79 Å². The summed E-state index contributed by atoms with van der Waals surface area (Å²) in [4.78, 5) is 13.8. The molecular formula is C9H17ClN2OS. The fourth-order valence-corrected chi connectivity index (χ4v) is 2.57. The predicted molar refractivity (Wildman–Crippen MR) is 62.2 cm³/mol.